The summed E-state index contributed by atoms with van der Waals surface area (Å²) in [5, 5.41) is 0. The Balaban J connectivity index is 6.17. The van der Waals surface area contributed by atoms with Crippen LogP contribution in [0.15, 0.2) is 0 Å². The van der Waals surface area contributed by atoms with Crippen LogP contribution >= 0.6 is 0 Å². The largest absolute Gasteiger partial charge is 0.324 e. The lowest BCUT2D eigenvalue weighted by Gasteiger charge is -2.59. The highest BCUT2D eigenvalue weighted by Crippen LogP contribution is 2.43. The van der Waals surface area contributed by atoms with Gasteiger partial charge in [-0.15, -0.1) is 0 Å². The number of nitrogens with zero attached hydrogens (tertiary/aromatic N) is 1. The molecule has 4 N–H and O–H groups in total. The van der Waals surface area contributed by atoms with Crippen molar-refractivity contribution in [1.82, 2.24) is 4.90 Å². The summed E-state index contributed by atoms with van der Waals surface area (Å²) >= 11 is 0. The van der Waals surface area contributed by atoms with Gasteiger partial charge >= 0.3 is 0 Å². The monoisotopic (exact) mass is 313 g/mol. The van der Waals surface area contributed by atoms with E-state index in [4.69, 9.17) is 11.5 Å². The summed E-state index contributed by atoms with van der Waals surface area (Å²) < 4.78 is 0. The van der Waals surface area contributed by atoms with Crippen LogP contribution in [0.1, 0.15) is 76.2 Å². The minimum absolute atomic E-state index is 0.169. The van der Waals surface area contributed by atoms with Crippen molar-refractivity contribution in [3.63, 3.8) is 0 Å². The fourth-order valence-electron chi connectivity index (χ4n) is 2.62. The van der Waals surface area contributed by atoms with Gasteiger partial charge in [-0.1, -0.05) is 13.8 Å². The summed E-state index contributed by atoms with van der Waals surface area (Å²) in [5.74, 6) is 0.169. The molecule has 0 atom stereocenters. The molecule has 4 heteroatoms. The molecule has 0 aliphatic rings. The van der Waals surface area contributed by atoms with Crippen molar-refractivity contribution >= 4 is 5.78 Å². The van der Waals surface area contributed by atoms with Gasteiger partial charge in [0.2, 0.25) is 0 Å². The summed E-state index contributed by atoms with van der Waals surface area (Å²) in [6.45, 7) is 22.9. The predicted octanol–water partition coefficient (Wildman–Crippen LogP) is 2.94. The second-order valence-electron chi connectivity index (χ2n) is 9.60. The fraction of sp³-hybridized carbons (Fsp3) is 0.944. The second kappa shape index (κ2) is 5.88. The maximum absolute atomic E-state index is 12.3. The maximum atomic E-state index is 12.3. The second-order valence-corrected chi connectivity index (χ2v) is 9.60. The van der Waals surface area contributed by atoms with E-state index in [1.807, 2.05) is 41.5 Å². The molecule has 4 nitrogen and oxygen atoms in total. The summed E-state index contributed by atoms with van der Waals surface area (Å²) in [6, 6.07) is 0. The standard InChI is InChI=1S/C18H39N3O/c1-13(22)15(4,5)17(8,9)21(12-14(2,3)19)18(10,11)16(6,7)20/h12,19-20H2,1-11H3. The van der Waals surface area contributed by atoms with E-state index in [9.17, 15) is 4.79 Å². The summed E-state index contributed by atoms with van der Waals surface area (Å²) in [7, 11) is 0. The van der Waals surface area contributed by atoms with Crippen LogP contribution in [0.4, 0.5) is 0 Å². The molecule has 0 saturated heterocycles. The Morgan fingerprint density at radius 1 is 0.818 bits per heavy atom. The van der Waals surface area contributed by atoms with E-state index in [2.05, 4.69) is 32.6 Å². The molecule has 0 spiro atoms. The van der Waals surface area contributed by atoms with Gasteiger partial charge in [0, 0.05) is 34.1 Å². The molecule has 22 heavy (non-hydrogen) atoms. The average Bonchev–Trinajstić information content (AvgIpc) is 2.22. The van der Waals surface area contributed by atoms with Crippen molar-refractivity contribution < 1.29 is 4.79 Å². The van der Waals surface area contributed by atoms with Crippen LogP contribution in [-0.4, -0.2) is 39.4 Å². The highest BCUT2D eigenvalue weighted by Gasteiger charge is 2.53. The number of hydrogen-bond acceptors (Lipinski definition) is 4. The van der Waals surface area contributed by atoms with E-state index in [0.29, 0.717) is 6.54 Å². The summed E-state index contributed by atoms with van der Waals surface area (Å²) in [5.41, 5.74) is 10.7. The molecule has 0 aromatic carbocycles. The molecule has 0 saturated carbocycles. The normalized spacial score (nSPS) is 15.4. The molecular weight excluding hydrogens is 274 g/mol. The number of hydrogen-bond donors (Lipinski definition) is 2. The minimum Gasteiger partial charge on any atom is -0.324 e. The minimum atomic E-state index is -0.513. The zero-order valence-electron chi connectivity index (χ0n) is 16.7. The van der Waals surface area contributed by atoms with Crippen LogP contribution in [0.25, 0.3) is 0 Å². The van der Waals surface area contributed by atoms with E-state index in [0.717, 1.165) is 0 Å². The third-order valence-corrected chi connectivity index (χ3v) is 5.90. The molecule has 0 aromatic rings. The molecule has 0 unspecified atom stereocenters. The molecule has 0 fully saturated rings. The van der Waals surface area contributed by atoms with Crippen LogP contribution < -0.4 is 11.5 Å². The third kappa shape index (κ3) is 4.09. The molecular formula is C18H39N3O. The molecule has 0 heterocycles. The molecule has 0 bridgehead atoms. The molecule has 0 amide bonds. The first-order valence-corrected chi connectivity index (χ1v) is 8.15. The lowest BCUT2D eigenvalue weighted by Crippen LogP contribution is -2.73. The molecule has 0 aliphatic heterocycles. The van der Waals surface area contributed by atoms with Crippen molar-refractivity contribution in [3.8, 4) is 0 Å². The molecule has 0 radical (unpaired) electrons. The van der Waals surface area contributed by atoms with Crippen LogP contribution in [0, 0.1) is 5.41 Å². The van der Waals surface area contributed by atoms with Crippen molar-refractivity contribution in [1.29, 1.82) is 0 Å². The smallest absolute Gasteiger partial charge is 0.137 e. The highest BCUT2D eigenvalue weighted by molar-refractivity contribution is 5.83. The fourth-order valence-corrected chi connectivity index (χ4v) is 2.62. The van der Waals surface area contributed by atoms with Gasteiger partial charge < -0.3 is 11.5 Å². The highest BCUT2D eigenvalue weighted by atomic mass is 16.1. The summed E-state index contributed by atoms with van der Waals surface area (Å²) in [4.78, 5) is 14.6. The molecule has 132 valence electrons. The van der Waals surface area contributed by atoms with Crippen molar-refractivity contribution in [2.45, 2.75) is 98.3 Å². The van der Waals surface area contributed by atoms with E-state index < -0.39 is 16.5 Å². The van der Waals surface area contributed by atoms with E-state index in [1.165, 1.54) is 0 Å². The lowest BCUT2D eigenvalue weighted by atomic mass is 9.67. The van der Waals surface area contributed by atoms with Gasteiger partial charge in [0.1, 0.15) is 5.78 Å². The van der Waals surface area contributed by atoms with Crippen molar-refractivity contribution in [3.05, 3.63) is 0 Å². The first-order valence-electron chi connectivity index (χ1n) is 8.15. The van der Waals surface area contributed by atoms with Crippen LogP contribution in [0.5, 0.6) is 0 Å². The van der Waals surface area contributed by atoms with E-state index in [1.54, 1.807) is 6.92 Å². The van der Waals surface area contributed by atoms with Gasteiger partial charge in [-0.2, -0.15) is 0 Å². The number of ketones is 1. The average molecular weight is 314 g/mol. The Morgan fingerprint density at radius 3 is 1.41 bits per heavy atom. The molecule has 0 rings (SSSR count). The Kier molecular flexibility index (Phi) is 5.76. The van der Waals surface area contributed by atoms with Gasteiger partial charge in [-0.3, -0.25) is 9.69 Å². The zero-order valence-corrected chi connectivity index (χ0v) is 16.7. The third-order valence-electron chi connectivity index (χ3n) is 5.90. The van der Waals surface area contributed by atoms with E-state index in [-0.39, 0.29) is 16.9 Å². The predicted molar refractivity (Wildman–Crippen MR) is 95.9 cm³/mol. The first kappa shape index (κ1) is 21.6. The number of rotatable bonds is 7. The van der Waals surface area contributed by atoms with Crippen LogP contribution in [0.2, 0.25) is 0 Å². The van der Waals surface area contributed by atoms with Gasteiger partial charge in [0.25, 0.3) is 0 Å². The van der Waals surface area contributed by atoms with Gasteiger partial charge in [-0.05, 0) is 62.3 Å². The van der Waals surface area contributed by atoms with Gasteiger partial charge in [0.05, 0.1) is 0 Å². The zero-order chi connectivity index (χ0) is 18.4. The molecule has 0 aromatic heterocycles. The summed E-state index contributed by atoms with van der Waals surface area (Å²) in [6.07, 6.45) is 0. The number of carbonyl (C=O) groups excluding carboxylic acids is 1. The SMILES string of the molecule is CC(=O)C(C)(C)C(C)(C)N(CC(C)(C)N)C(C)(C)C(C)(C)N. The topological polar surface area (TPSA) is 72.3 Å². The van der Waals surface area contributed by atoms with E-state index >= 15 is 0 Å². The Labute approximate surface area is 138 Å². The number of carbonyl (C=O) groups is 1. The Bertz CT molecular complexity index is 409. The maximum Gasteiger partial charge on any atom is 0.137 e. The molecule has 0 aliphatic carbocycles. The number of Topliss-reactive ketones (excluding diaryl/α,β-unsaturated/α-hetero) is 1. The first-order chi connectivity index (χ1) is 9.28. The van der Waals surface area contributed by atoms with Gasteiger partial charge in [0.15, 0.2) is 0 Å². The Morgan fingerprint density at radius 2 is 1.18 bits per heavy atom. The number of nitrogens with two attached hydrogens (primary N) is 2. The van der Waals surface area contributed by atoms with Crippen molar-refractivity contribution in [2.75, 3.05) is 6.54 Å². The quantitative estimate of drug-likeness (QED) is 0.758. The van der Waals surface area contributed by atoms with Crippen LogP contribution in [0.3, 0.4) is 0 Å². The van der Waals surface area contributed by atoms with Crippen molar-refractivity contribution in [2.24, 2.45) is 16.9 Å². The Hall–Kier alpha value is -0.450. The van der Waals surface area contributed by atoms with Gasteiger partial charge in [-0.25, -0.2) is 0 Å². The lowest BCUT2D eigenvalue weighted by molar-refractivity contribution is -0.141. The van der Waals surface area contributed by atoms with Crippen LogP contribution in [-0.2, 0) is 4.79 Å².